The first-order chi connectivity index (χ1) is 7.83. The second-order valence-corrected chi connectivity index (χ2v) is 5.08. The molecule has 0 saturated heterocycles. The van der Waals surface area contributed by atoms with E-state index in [-0.39, 0.29) is 0 Å². The summed E-state index contributed by atoms with van der Waals surface area (Å²) in [4.78, 5) is 2.61. The summed E-state index contributed by atoms with van der Waals surface area (Å²) >= 11 is 0. The van der Waals surface area contributed by atoms with Gasteiger partial charge in [-0.05, 0) is 43.9 Å². The zero-order valence-electron chi connectivity index (χ0n) is 9.95. The number of hydrogen-bond acceptors (Lipinski definition) is 2. The molecule has 16 heavy (non-hydrogen) atoms. The van der Waals surface area contributed by atoms with Gasteiger partial charge in [0.2, 0.25) is 0 Å². The van der Waals surface area contributed by atoms with Crippen molar-refractivity contribution in [2.45, 2.75) is 38.1 Å². The quantitative estimate of drug-likeness (QED) is 0.821. The summed E-state index contributed by atoms with van der Waals surface area (Å²) < 4.78 is 0. The number of para-hydroxylation sites is 1. The van der Waals surface area contributed by atoms with Crippen LogP contribution in [0.4, 0.5) is 5.69 Å². The molecule has 3 rings (SSSR count). The molecule has 0 bridgehead atoms. The summed E-state index contributed by atoms with van der Waals surface area (Å²) in [7, 11) is 0. The van der Waals surface area contributed by atoms with Crippen LogP contribution in [0.5, 0.6) is 0 Å². The predicted molar refractivity (Wildman–Crippen MR) is 68.0 cm³/mol. The minimum Gasteiger partial charge on any atom is -0.368 e. The number of benzene rings is 1. The van der Waals surface area contributed by atoms with E-state index in [0.717, 1.165) is 13.0 Å². The van der Waals surface area contributed by atoms with E-state index < -0.39 is 0 Å². The van der Waals surface area contributed by atoms with Gasteiger partial charge in [-0.15, -0.1) is 0 Å². The smallest absolute Gasteiger partial charge is 0.0437 e. The maximum atomic E-state index is 5.75. The van der Waals surface area contributed by atoms with Gasteiger partial charge in [-0.25, -0.2) is 0 Å². The minimum atomic E-state index is 0.639. The van der Waals surface area contributed by atoms with Gasteiger partial charge in [0.05, 0.1) is 0 Å². The predicted octanol–water partition coefficient (Wildman–Crippen LogP) is 2.27. The lowest BCUT2D eigenvalue weighted by Gasteiger charge is -2.31. The topological polar surface area (TPSA) is 29.3 Å². The van der Waals surface area contributed by atoms with Crippen LogP contribution in [0.2, 0.25) is 0 Å². The molecule has 1 aromatic rings. The zero-order chi connectivity index (χ0) is 11.1. The highest BCUT2D eigenvalue weighted by molar-refractivity contribution is 5.67. The molecule has 2 heteroatoms. The Bertz CT molecular complexity index is 400. The molecule has 0 saturated carbocycles. The molecular weight excluding hydrogens is 196 g/mol. The lowest BCUT2D eigenvalue weighted by atomic mass is 9.91. The lowest BCUT2D eigenvalue weighted by Crippen LogP contribution is -2.35. The van der Waals surface area contributed by atoms with E-state index in [1.807, 2.05) is 0 Å². The molecule has 2 N–H and O–H groups in total. The Morgan fingerprint density at radius 3 is 3.12 bits per heavy atom. The van der Waals surface area contributed by atoms with Crippen LogP contribution in [0.3, 0.4) is 0 Å². The van der Waals surface area contributed by atoms with Crippen molar-refractivity contribution >= 4 is 5.69 Å². The van der Waals surface area contributed by atoms with Crippen molar-refractivity contribution in [2.24, 2.45) is 5.73 Å². The first-order valence-electron chi connectivity index (χ1n) is 6.41. The molecule has 2 unspecified atom stereocenters. The second kappa shape index (κ2) is 3.77. The van der Waals surface area contributed by atoms with Gasteiger partial charge in [-0.3, -0.25) is 0 Å². The molecule has 1 aromatic carbocycles. The van der Waals surface area contributed by atoms with Crippen LogP contribution >= 0.6 is 0 Å². The highest BCUT2D eigenvalue weighted by atomic mass is 15.2. The zero-order valence-corrected chi connectivity index (χ0v) is 9.95. The van der Waals surface area contributed by atoms with Crippen LogP contribution in [0.25, 0.3) is 0 Å². The SMILES string of the molecule is CC1C(CCN)c2cccc3c2N1CCC3. The number of anilines is 1. The average molecular weight is 216 g/mol. The highest BCUT2D eigenvalue weighted by Crippen LogP contribution is 2.46. The van der Waals surface area contributed by atoms with Crippen LogP contribution in [0.15, 0.2) is 18.2 Å². The minimum absolute atomic E-state index is 0.639. The van der Waals surface area contributed by atoms with Crippen LogP contribution < -0.4 is 10.6 Å². The molecule has 2 nitrogen and oxygen atoms in total. The van der Waals surface area contributed by atoms with E-state index in [4.69, 9.17) is 5.73 Å². The van der Waals surface area contributed by atoms with E-state index in [0.29, 0.717) is 12.0 Å². The Morgan fingerprint density at radius 1 is 1.44 bits per heavy atom. The summed E-state index contributed by atoms with van der Waals surface area (Å²) in [5, 5.41) is 0. The van der Waals surface area contributed by atoms with Crippen molar-refractivity contribution in [1.82, 2.24) is 0 Å². The van der Waals surface area contributed by atoms with Gasteiger partial charge in [0.15, 0.2) is 0 Å². The molecule has 0 aliphatic carbocycles. The molecule has 2 aliphatic heterocycles. The van der Waals surface area contributed by atoms with Crippen LogP contribution in [-0.4, -0.2) is 19.1 Å². The lowest BCUT2D eigenvalue weighted by molar-refractivity contribution is 0.522. The third kappa shape index (κ3) is 1.29. The Balaban J connectivity index is 2.09. The maximum Gasteiger partial charge on any atom is 0.0437 e. The molecular formula is C14H20N2. The Hall–Kier alpha value is -1.02. The first kappa shape index (κ1) is 10.2. The molecule has 0 aromatic heterocycles. The van der Waals surface area contributed by atoms with Crippen molar-refractivity contribution in [1.29, 1.82) is 0 Å². The molecule has 86 valence electrons. The Morgan fingerprint density at radius 2 is 2.31 bits per heavy atom. The normalized spacial score (nSPS) is 27.0. The second-order valence-electron chi connectivity index (χ2n) is 5.08. The summed E-state index contributed by atoms with van der Waals surface area (Å²) in [6.45, 7) is 4.38. The van der Waals surface area contributed by atoms with E-state index >= 15 is 0 Å². The maximum absolute atomic E-state index is 5.75. The van der Waals surface area contributed by atoms with Crippen LogP contribution in [0.1, 0.15) is 36.8 Å². The summed E-state index contributed by atoms with van der Waals surface area (Å²) in [5.74, 6) is 0.651. The summed E-state index contributed by atoms with van der Waals surface area (Å²) in [6, 6.07) is 7.46. The van der Waals surface area contributed by atoms with Gasteiger partial charge >= 0.3 is 0 Å². The van der Waals surface area contributed by atoms with E-state index in [2.05, 4.69) is 30.0 Å². The number of nitrogens with two attached hydrogens (primary N) is 1. The average Bonchev–Trinajstić information content (AvgIpc) is 2.58. The number of hydrogen-bond donors (Lipinski definition) is 1. The number of aryl methyl sites for hydroxylation is 1. The molecule has 2 heterocycles. The molecule has 2 atom stereocenters. The number of rotatable bonds is 2. The van der Waals surface area contributed by atoms with E-state index in [9.17, 15) is 0 Å². The monoisotopic (exact) mass is 216 g/mol. The summed E-state index contributed by atoms with van der Waals surface area (Å²) in [6.07, 6.45) is 3.67. The molecule has 0 radical (unpaired) electrons. The van der Waals surface area contributed by atoms with E-state index in [1.54, 1.807) is 16.8 Å². The fraction of sp³-hybridized carbons (Fsp3) is 0.571. The van der Waals surface area contributed by atoms with Crippen molar-refractivity contribution in [3.8, 4) is 0 Å². The molecule has 2 aliphatic rings. The van der Waals surface area contributed by atoms with Gasteiger partial charge < -0.3 is 10.6 Å². The molecule has 0 amide bonds. The van der Waals surface area contributed by atoms with Crippen molar-refractivity contribution in [2.75, 3.05) is 18.0 Å². The molecule has 0 spiro atoms. The highest BCUT2D eigenvalue weighted by Gasteiger charge is 2.37. The van der Waals surface area contributed by atoms with Gasteiger partial charge in [-0.2, -0.15) is 0 Å². The third-order valence-electron chi connectivity index (χ3n) is 4.23. The third-order valence-corrected chi connectivity index (χ3v) is 4.23. The summed E-state index contributed by atoms with van der Waals surface area (Å²) in [5.41, 5.74) is 10.4. The first-order valence-corrected chi connectivity index (χ1v) is 6.41. The fourth-order valence-electron chi connectivity index (χ4n) is 3.47. The largest absolute Gasteiger partial charge is 0.368 e. The van der Waals surface area contributed by atoms with Crippen molar-refractivity contribution < 1.29 is 0 Å². The fourth-order valence-corrected chi connectivity index (χ4v) is 3.47. The van der Waals surface area contributed by atoms with Gasteiger partial charge in [0.1, 0.15) is 0 Å². The standard InChI is InChI=1S/C14H20N2/c1-10-12(7-8-15)13-6-2-4-11-5-3-9-16(10)14(11)13/h2,4,6,10,12H,3,5,7-9,15H2,1H3. The number of nitrogens with zero attached hydrogens (tertiary/aromatic N) is 1. The van der Waals surface area contributed by atoms with Crippen LogP contribution in [0, 0.1) is 0 Å². The van der Waals surface area contributed by atoms with Crippen molar-refractivity contribution in [3.63, 3.8) is 0 Å². The van der Waals surface area contributed by atoms with Crippen LogP contribution in [-0.2, 0) is 6.42 Å². The van der Waals surface area contributed by atoms with Gasteiger partial charge in [-0.1, -0.05) is 18.2 Å². The molecule has 0 fully saturated rings. The van der Waals surface area contributed by atoms with Crippen molar-refractivity contribution in [3.05, 3.63) is 29.3 Å². The Kier molecular flexibility index (Phi) is 2.40. The van der Waals surface area contributed by atoms with Gasteiger partial charge in [0, 0.05) is 24.2 Å². The Labute approximate surface area is 97.4 Å². The van der Waals surface area contributed by atoms with E-state index in [1.165, 1.54) is 19.4 Å². The van der Waals surface area contributed by atoms with Gasteiger partial charge in [0.25, 0.3) is 0 Å².